The van der Waals surface area contributed by atoms with Gasteiger partial charge in [0.05, 0.1) is 24.9 Å². The Morgan fingerprint density at radius 1 is 0.978 bits per heavy atom. The van der Waals surface area contributed by atoms with Crippen LogP contribution in [0.3, 0.4) is 0 Å². The van der Waals surface area contributed by atoms with E-state index in [0.717, 1.165) is 40.3 Å². The Morgan fingerprint density at radius 3 is 2.47 bits per heavy atom. The van der Waals surface area contributed by atoms with E-state index in [-0.39, 0.29) is 25.7 Å². The Hall–Kier alpha value is -3.41. The number of hydrogen-bond acceptors (Lipinski definition) is 3. The van der Waals surface area contributed by atoms with E-state index in [1.165, 1.54) is 36.9 Å². The molecule has 0 saturated heterocycles. The van der Waals surface area contributed by atoms with Crippen molar-refractivity contribution in [3.63, 3.8) is 0 Å². The van der Waals surface area contributed by atoms with Gasteiger partial charge in [-0.3, -0.25) is 4.98 Å². The zero-order valence-corrected chi connectivity index (χ0v) is 30.7. The van der Waals surface area contributed by atoms with Crippen molar-refractivity contribution in [2.45, 2.75) is 59.7 Å². The molecule has 0 aliphatic rings. The van der Waals surface area contributed by atoms with Gasteiger partial charge in [0.1, 0.15) is 0 Å². The van der Waals surface area contributed by atoms with Crippen molar-refractivity contribution in [1.29, 1.82) is 0 Å². The molecule has 6 heteroatoms. The number of fused-ring (bicyclic) bond motifs is 4. The molecule has 0 N–H and O–H groups in total. The molecular weight excluding hydrogens is 763 g/mol. The summed E-state index contributed by atoms with van der Waals surface area (Å²) in [6, 6.07) is 34.4. The smallest absolute Gasteiger partial charge is 0.0799 e. The van der Waals surface area contributed by atoms with Gasteiger partial charge in [-0.25, -0.2) is 0 Å². The SMILES string of the molecule is CCn1c(-c2[c-]ccc3c2sc2ccccc23)nc2ccccc21.[2H]C([2H])([2H])c1c[c-]c(-c2cc(C([2H])(C)C)c([Si](C)(C)C)cn2)cc1.[Ir]. The first kappa shape index (κ1) is 27.9. The van der Waals surface area contributed by atoms with Crippen LogP contribution in [0.4, 0.5) is 0 Å². The summed E-state index contributed by atoms with van der Waals surface area (Å²) in [5, 5.41) is 3.79. The van der Waals surface area contributed by atoms with Crippen LogP contribution in [-0.4, -0.2) is 22.6 Å². The molecule has 0 aliphatic heterocycles. The van der Waals surface area contributed by atoms with E-state index in [1.54, 1.807) is 12.1 Å². The first-order valence-electron chi connectivity index (χ1n) is 17.0. The molecule has 0 unspecified atom stereocenters. The third-order valence-electron chi connectivity index (χ3n) is 7.87. The summed E-state index contributed by atoms with van der Waals surface area (Å²) in [6.45, 7) is 11.4. The second-order valence-corrected chi connectivity index (χ2v) is 18.3. The summed E-state index contributed by atoms with van der Waals surface area (Å²) in [4.78, 5) is 9.47. The minimum atomic E-state index is -2.13. The normalized spacial score (nSPS) is 13.4. The van der Waals surface area contributed by atoms with Crippen LogP contribution in [0.25, 0.3) is 53.9 Å². The number of nitrogens with zero attached hydrogens (tertiary/aromatic N) is 3. The van der Waals surface area contributed by atoms with E-state index in [0.29, 0.717) is 0 Å². The third kappa shape index (κ3) is 6.61. The molecule has 0 amide bonds. The van der Waals surface area contributed by atoms with Crippen LogP contribution < -0.4 is 5.19 Å². The molecule has 7 rings (SSSR count). The second kappa shape index (κ2) is 13.5. The first-order valence-corrected chi connectivity index (χ1v) is 19.3. The monoisotopic (exact) mass is 806 g/mol. The van der Waals surface area contributed by atoms with Gasteiger partial charge in [0.2, 0.25) is 0 Å². The minimum Gasteiger partial charge on any atom is -0.364 e. The van der Waals surface area contributed by atoms with Crippen molar-refractivity contribution in [1.82, 2.24) is 14.5 Å². The van der Waals surface area contributed by atoms with E-state index >= 15 is 0 Å². The zero-order chi connectivity index (χ0) is 34.4. The Labute approximate surface area is 291 Å². The standard InChI is InChI=1S/C21H15N2S.C18H24NSi.Ir/c1-2-23-18-12-5-4-11-17(18)22-21(23)16-10-7-9-15-14-8-3-6-13-19(14)24-20(15)16;1-13(2)16-11-17(15-9-7-14(3)8-10-15)19-12-18(16)20(4,5)6;/h3-9,11-13H,2H2,1H3;7-9,11-13H,1-6H3;/q2*-1;/i;3D3,13D;. The van der Waals surface area contributed by atoms with E-state index in [4.69, 9.17) is 10.5 Å². The van der Waals surface area contributed by atoms with Crippen molar-refractivity contribution in [3.8, 4) is 22.6 Å². The van der Waals surface area contributed by atoms with Gasteiger partial charge < -0.3 is 9.55 Å². The number of benzene rings is 4. The van der Waals surface area contributed by atoms with Gasteiger partial charge in [-0.2, -0.15) is 11.3 Å². The summed E-state index contributed by atoms with van der Waals surface area (Å²) in [6.07, 6.45) is 1.89. The van der Waals surface area contributed by atoms with Gasteiger partial charge in [0, 0.05) is 43.0 Å². The fraction of sp³-hybridized carbons (Fsp3) is 0.231. The first-order chi connectivity index (χ1) is 22.7. The van der Waals surface area contributed by atoms with Crippen molar-refractivity contribution < 1.29 is 25.6 Å². The summed E-state index contributed by atoms with van der Waals surface area (Å²) < 4.78 is 35.7. The van der Waals surface area contributed by atoms with Gasteiger partial charge in [-0.15, -0.1) is 53.6 Å². The Balaban J connectivity index is 0.000000187. The maximum atomic E-state index is 8.48. The molecule has 0 atom stereocenters. The van der Waals surface area contributed by atoms with Crippen molar-refractivity contribution in [2.24, 2.45) is 0 Å². The maximum Gasteiger partial charge on any atom is 0.0799 e. The third-order valence-corrected chi connectivity index (χ3v) is 11.1. The Bertz CT molecular complexity index is 2240. The van der Waals surface area contributed by atoms with Crippen LogP contribution in [0.15, 0.2) is 91.1 Å². The van der Waals surface area contributed by atoms with Crippen molar-refractivity contribution >= 4 is 55.8 Å². The molecule has 45 heavy (non-hydrogen) atoms. The molecule has 0 spiro atoms. The van der Waals surface area contributed by atoms with E-state index in [9.17, 15) is 0 Å². The largest absolute Gasteiger partial charge is 0.364 e. The molecule has 231 valence electrons. The molecule has 7 aromatic rings. The van der Waals surface area contributed by atoms with Crippen molar-refractivity contribution in [2.75, 3.05) is 0 Å². The van der Waals surface area contributed by atoms with Gasteiger partial charge in [-0.05, 0) is 52.0 Å². The van der Waals surface area contributed by atoms with Crippen LogP contribution in [0.1, 0.15) is 43.3 Å². The number of pyridine rings is 1. The van der Waals surface area contributed by atoms with Crippen LogP contribution in [-0.2, 0) is 26.7 Å². The zero-order valence-electron chi connectivity index (χ0n) is 30.5. The predicted molar refractivity (Wildman–Crippen MR) is 193 cm³/mol. The minimum absolute atomic E-state index is 0. The van der Waals surface area contributed by atoms with Gasteiger partial charge in [0.25, 0.3) is 0 Å². The molecule has 3 nitrogen and oxygen atoms in total. The average Bonchev–Trinajstić information content (AvgIpc) is 3.62. The fourth-order valence-corrected chi connectivity index (χ4v) is 8.42. The number of aromatic nitrogens is 3. The van der Waals surface area contributed by atoms with Crippen molar-refractivity contribution in [3.05, 3.63) is 114 Å². The molecule has 0 saturated carbocycles. The number of para-hydroxylation sites is 2. The molecule has 0 aliphatic carbocycles. The van der Waals surface area contributed by atoms with Crippen LogP contribution in [0.2, 0.25) is 19.6 Å². The van der Waals surface area contributed by atoms with Crippen LogP contribution in [0, 0.1) is 19.0 Å². The number of rotatable bonds is 5. The Kier molecular flexibility index (Phi) is 8.37. The maximum absolute atomic E-state index is 8.48. The molecule has 0 bridgehead atoms. The van der Waals surface area contributed by atoms with E-state index < -0.39 is 20.8 Å². The molecular formula is C39H39IrN3SSi-2. The number of thiophene rings is 1. The number of imidazole rings is 1. The fourth-order valence-electron chi connectivity index (χ4n) is 5.64. The number of aryl methyl sites for hydroxylation is 2. The van der Waals surface area contributed by atoms with Gasteiger partial charge >= 0.3 is 0 Å². The Morgan fingerprint density at radius 2 is 1.76 bits per heavy atom. The second-order valence-electron chi connectivity index (χ2n) is 12.2. The molecule has 3 aromatic heterocycles. The molecule has 3 heterocycles. The summed E-state index contributed by atoms with van der Waals surface area (Å²) in [5.41, 5.74) is 6.06. The van der Waals surface area contributed by atoms with Gasteiger partial charge in [-0.1, -0.05) is 93.3 Å². The van der Waals surface area contributed by atoms with Gasteiger partial charge in [0.15, 0.2) is 0 Å². The van der Waals surface area contributed by atoms with Crippen LogP contribution >= 0.6 is 11.3 Å². The summed E-state index contributed by atoms with van der Waals surface area (Å²) in [5.74, 6) is 0.294. The summed E-state index contributed by atoms with van der Waals surface area (Å²) in [7, 11) is -1.61. The predicted octanol–water partition coefficient (Wildman–Crippen LogP) is 10.4. The number of hydrogen-bond donors (Lipinski definition) is 0. The average molecular weight is 806 g/mol. The van der Waals surface area contributed by atoms with E-state index in [2.05, 4.69) is 96.8 Å². The summed E-state index contributed by atoms with van der Waals surface area (Å²) >= 11 is 1.83. The molecule has 1 radical (unpaired) electrons. The topological polar surface area (TPSA) is 30.7 Å². The molecule has 4 aromatic carbocycles. The molecule has 0 fully saturated rings. The van der Waals surface area contributed by atoms with Crippen LogP contribution in [0.5, 0.6) is 0 Å². The van der Waals surface area contributed by atoms with E-state index in [1.807, 2.05) is 49.6 Å². The quantitative estimate of drug-likeness (QED) is 0.128.